The number of carbonyl (C=O) groups is 2. The number of alkyl halides is 1. The fraction of sp³-hybridized carbons (Fsp3) is 0.217. The van der Waals surface area contributed by atoms with Crippen molar-refractivity contribution in [2.75, 3.05) is 7.11 Å². The van der Waals surface area contributed by atoms with E-state index in [1.165, 1.54) is 43.7 Å². The highest BCUT2D eigenvalue weighted by atomic mass is 19.1. The molecule has 2 aromatic carbocycles. The third-order valence-electron chi connectivity index (χ3n) is 4.88. The molecule has 2 aromatic rings. The number of nitrogens with one attached hydrogen (secondary N) is 2. The Morgan fingerprint density at radius 2 is 1.80 bits per heavy atom. The van der Waals surface area contributed by atoms with Gasteiger partial charge in [-0.2, -0.15) is 0 Å². The molecular formula is C23H22F2N2O3. The number of benzene rings is 2. The summed E-state index contributed by atoms with van der Waals surface area (Å²) in [7, 11) is 1.30. The van der Waals surface area contributed by atoms with Gasteiger partial charge in [-0.3, -0.25) is 4.79 Å². The summed E-state index contributed by atoms with van der Waals surface area (Å²) < 4.78 is 33.5. The van der Waals surface area contributed by atoms with E-state index in [1.54, 1.807) is 37.3 Å². The SMILES string of the molecule is COC(=O)c1ccc([C@H](C)NC(=O)C2=CC=CNC2(F)Cc2ccc(F)cc2)cc1. The summed E-state index contributed by atoms with van der Waals surface area (Å²) in [6.07, 6.45) is 4.25. The van der Waals surface area contributed by atoms with Crippen molar-refractivity contribution < 1.29 is 23.1 Å². The summed E-state index contributed by atoms with van der Waals surface area (Å²) in [6, 6.07) is 11.6. The number of hydrogen-bond acceptors (Lipinski definition) is 4. The average Bonchev–Trinajstić information content (AvgIpc) is 2.75. The monoisotopic (exact) mass is 412 g/mol. The Morgan fingerprint density at radius 3 is 2.43 bits per heavy atom. The molecule has 0 bridgehead atoms. The first kappa shape index (κ1) is 21.2. The molecule has 0 fully saturated rings. The van der Waals surface area contributed by atoms with Crippen LogP contribution < -0.4 is 10.6 Å². The Balaban J connectivity index is 1.73. The maximum atomic E-state index is 15.7. The Labute approximate surface area is 173 Å². The van der Waals surface area contributed by atoms with Gasteiger partial charge in [-0.15, -0.1) is 0 Å². The van der Waals surface area contributed by atoms with E-state index < -0.39 is 29.5 Å². The van der Waals surface area contributed by atoms with Crippen LogP contribution in [0.25, 0.3) is 0 Å². The van der Waals surface area contributed by atoms with Crippen LogP contribution in [0.15, 0.2) is 72.5 Å². The minimum Gasteiger partial charge on any atom is -0.465 e. The van der Waals surface area contributed by atoms with Crippen molar-refractivity contribution in [3.05, 3.63) is 95.0 Å². The number of hydrogen-bond donors (Lipinski definition) is 2. The molecule has 5 nitrogen and oxygen atoms in total. The van der Waals surface area contributed by atoms with Crippen LogP contribution in [0.4, 0.5) is 8.78 Å². The van der Waals surface area contributed by atoms with Crippen molar-refractivity contribution >= 4 is 11.9 Å². The predicted octanol–water partition coefficient (Wildman–Crippen LogP) is 3.74. The Morgan fingerprint density at radius 1 is 1.13 bits per heavy atom. The molecule has 3 rings (SSSR count). The lowest BCUT2D eigenvalue weighted by Gasteiger charge is -2.31. The van der Waals surface area contributed by atoms with E-state index in [4.69, 9.17) is 0 Å². The number of halogens is 2. The highest BCUT2D eigenvalue weighted by Gasteiger charge is 2.39. The molecule has 1 unspecified atom stereocenters. The normalized spacial score (nSPS) is 18.7. The summed E-state index contributed by atoms with van der Waals surface area (Å²) >= 11 is 0. The number of ether oxygens (including phenoxy) is 1. The third-order valence-corrected chi connectivity index (χ3v) is 4.88. The molecule has 1 aliphatic heterocycles. The van der Waals surface area contributed by atoms with Crippen LogP contribution in [-0.4, -0.2) is 24.8 Å². The Bertz CT molecular complexity index is 985. The molecule has 1 aliphatic rings. The average molecular weight is 412 g/mol. The molecule has 1 amide bonds. The van der Waals surface area contributed by atoms with E-state index >= 15 is 4.39 Å². The van der Waals surface area contributed by atoms with Gasteiger partial charge < -0.3 is 15.4 Å². The van der Waals surface area contributed by atoms with Crippen molar-refractivity contribution in [3.63, 3.8) is 0 Å². The molecule has 0 radical (unpaired) electrons. The zero-order valence-electron chi connectivity index (χ0n) is 16.6. The molecule has 0 spiro atoms. The number of amides is 1. The first-order valence-corrected chi connectivity index (χ1v) is 9.40. The van der Waals surface area contributed by atoms with Crippen molar-refractivity contribution in [3.8, 4) is 0 Å². The zero-order valence-corrected chi connectivity index (χ0v) is 16.6. The van der Waals surface area contributed by atoms with E-state index in [0.29, 0.717) is 11.1 Å². The topological polar surface area (TPSA) is 67.4 Å². The summed E-state index contributed by atoms with van der Waals surface area (Å²) in [5.74, 6) is -3.57. The summed E-state index contributed by atoms with van der Waals surface area (Å²) in [5, 5.41) is 5.39. The van der Waals surface area contributed by atoms with Crippen LogP contribution in [-0.2, 0) is 16.0 Å². The molecule has 2 atom stereocenters. The summed E-state index contributed by atoms with van der Waals surface area (Å²) in [4.78, 5) is 24.4. The number of dihydropyridines is 1. The molecule has 0 aliphatic carbocycles. The summed E-state index contributed by atoms with van der Waals surface area (Å²) in [5.41, 5.74) is 1.62. The van der Waals surface area contributed by atoms with E-state index in [0.717, 1.165) is 5.56 Å². The van der Waals surface area contributed by atoms with Crippen LogP contribution in [0.1, 0.15) is 34.5 Å². The lowest BCUT2D eigenvalue weighted by molar-refractivity contribution is -0.119. The molecule has 2 N–H and O–H groups in total. The van der Waals surface area contributed by atoms with Crippen LogP contribution in [0.3, 0.4) is 0 Å². The van der Waals surface area contributed by atoms with E-state index in [1.807, 2.05) is 0 Å². The second-order valence-electron chi connectivity index (χ2n) is 7.00. The van der Waals surface area contributed by atoms with E-state index in [2.05, 4.69) is 15.4 Å². The van der Waals surface area contributed by atoms with Crippen LogP contribution >= 0.6 is 0 Å². The molecule has 0 saturated heterocycles. The fourth-order valence-corrected chi connectivity index (χ4v) is 3.20. The Hall–Kier alpha value is -3.48. The third kappa shape index (κ3) is 4.74. The number of methoxy groups -OCH3 is 1. The second-order valence-corrected chi connectivity index (χ2v) is 7.00. The van der Waals surface area contributed by atoms with Gasteiger partial charge in [0.1, 0.15) is 5.82 Å². The second kappa shape index (κ2) is 8.90. The van der Waals surface area contributed by atoms with Gasteiger partial charge >= 0.3 is 5.97 Å². The maximum Gasteiger partial charge on any atom is 0.337 e. The van der Waals surface area contributed by atoms with Gasteiger partial charge in [-0.1, -0.05) is 24.3 Å². The molecule has 7 heteroatoms. The van der Waals surface area contributed by atoms with Gasteiger partial charge in [-0.25, -0.2) is 13.6 Å². The maximum absolute atomic E-state index is 15.7. The molecule has 1 heterocycles. The fourth-order valence-electron chi connectivity index (χ4n) is 3.20. The van der Waals surface area contributed by atoms with Gasteiger partial charge in [0, 0.05) is 6.42 Å². The zero-order chi connectivity index (χ0) is 21.7. The van der Waals surface area contributed by atoms with Crippen LogP contribution in [0, 0.1) is 5.82 Å². The minimum absolute atomic E-state index is 0.0765. The Kier molecular flexibility index (Phi) is 6.30. The van der Waals surface area contributed by atoms with Crippen LogP contribution in [0.5, 0.6) is 0 Å². The molecule has 30 heavy (non-hydrogen) atoms. The van der Waals surface area contributed by atoms with Crippen molar-refractivity contribution in [2.45, 2.75) is 25.2 Å². The number of rotatable bonds is 6. The standard InChI is InChI=1S/C23H22F2N2O3/c1-15(17-7-9-18(10-8-17)22(29)30-2)27-21(28)20-4-3-13-26-23(20,25)14-16-5-11-19(24)12-6-16/h3-13,15,26H,14H2,1-2H3,(H,27,28)/t15-,23?/m0/s1. The first-order valence-electron chi connectivity index (χ1n) is 9.40. The number of carbonyl (C=O) groups excluding carboxylic acids is 2. The number of esters is 1. The van der Waals surface area contributed by atoms with Crippen molar-refractivity contribution in [1.82, 2.24) is 10.6 Å². The van der Waals surface area contributed by atoms with Gasteiger partial charge in [-0.05, 0) is 60.7 Å². The predicted molar refractivity (Wildman–Crippen MR) is 109 cm³/mol. The van der Waals surface area contributed by atoms with Gasteiger partial charge in [0.2, 0.25) is 5.79 Å². The highest BCUT2D eigenvalue weighted by Crippen LogP contribution is 2.28. The molecule has 0 aromatic heterocycles. The molecular weight excluding hydrogens is 390 g/mol. The summed E-state index contributed by atoms with van der Waals surface area (Å²) in [6.45, 7) is 1.76. The van der Waals surface area contributed by atoms with E-state index in [-0.39, 0.29) is 12.0 Å². The highest BCUT2D eigenvalue weighted by molar-refractivity contribution is 5.96. The lowest BCUT2D eigenvalue weighted by atomic mass is 9.93. The smallest absolute Gasteiger partial charge is 0.337 e. The van der Waals surface area contributed by atoms with Crippen LogP contribution in [0.2, 0.25) is 0 Å². The molecule has 156 valence electrons. The lowest BCUT2D eigenvalue weighted by Crippen LogP contribution is -2.48. The van der Waals surface area contributed by atoms with E-state index in [9.17, 15) is 14.0 Å². The van der Waals surface area contributed by atoms with Gasteiger partial charge in [0.05, 0.1) is 24.3 Å². The largest absolute Gasteiger partial charge is 0.465 e. The van der Waals surface area contributed by atoms with Gasteiger partial charge in [0.15, 0.2) is 0 Å². The van der Waals surface area contributed by atoms with Crippen molar-refractivity contribution in [2.24, 2.45) is 0 Å². The minimum atomic E-state index is -2.13. The number of allylic oxidation sites excluding steroid dienone is 2. The first-order chi connectivity index (χ1) is 14.3. The van der Waals surface area contributed by atoms with Gasteiger partial charge in [0.25, 0.3) is 5.91 Å². The molecule has 0 saturated carbocycles. The van der Waals surface area contributed by atoms with Crippen molar-refractivity contribution in [1.29, 1.82) is 0 Å². The quantitative estimate of drug-likeness (QED) is 0.560.